The van der Waals surface area contributed by atoms with Gasteiger partial charge in [0.1, 0.15) is 0 Å². The van der Waals surface area contributed by atoms with Gasteiger partial charge < -0.3 is 4.90 Å². The Balaban J connectivity index is 1.30. The van der Waals surface area contributed by atoms with Crippen LogP contribution in [0, 0.1) is 0 Å². The minimum Gasteiger partial charge on any atom is -0.309 e. The molecule has 2 aliphatic rings. The number of fused-ring (bicyclic) bond motifs is 2. The second kappa shape index (κ2) is 10.3. The minimum absolute atomic E-state index is 0.0408. The molecule has 1 nitrogen and oxygen atoms in total. The van der Waals surface area contributed by atoms with Crippen molar-refractivity contribution >= 4 is 38.6 Å². The van der Waals surface area contributed by atoms with Crippen LogP contribution in [-0.4, -0.2) is 0 Å². The van der Waals surface area contributed by atoms with Gasteiger partial charge >= 0.3 is 0 Å². The summed E-state index contributed by atoms with van der Waals surface area (Å²) in [6.07, 6.45) is 0. The quantitative estimate of drug-likeness (QED) is 0.184. The maximum atomic E-state index is 2.48. The van der Waals surface area contributed by atoms with Crippen molar-refractivity contribution in [2.45, 2.75) is 24.7 Å². The molecule has 0 unspecified atom stereocenters. The number of benzene rings is 8. The Morgan fingerprint density at radius 2 is 0.837 bits per heavy atom. The highest BCUT2D eigenvalue weighted by Gasteiger charge is 2.52. The first-order chi connectivity index (χ1) is 24.1. The van der Waals surface area contributed by atoms with Crippen LogP contribution in [0.3, 0.4) is 0 Å². The standard InChI is InChI=1S/C48H35N/c1-47(2)39-25-13-27-41-45(39)46-40(47)26-14-28-42(46)48(41,34-19-4-3-5-20-34)35-21-12-22-36(31-35)49(43-29-10-17-32-15-6-8-23-37(32)43)44-30-11-18-33-16-7-9-24-38(33)44/h3-31H,1-2H3. The first-order valence-corrected chi connectivity index (χ1v) is 17.3. The van der Waals surface area contributed by atoms with Gasteiger partial charge in [-0.1, -0.05) is 166 Å². The first-order valence-electron chi connectivity index (χ1n) is 17.3. The van der Waals surface area contributed by atoms with Gasteiger partial charge in [-0.15, -0.1) is 0 Å². The SMILES string of the molecule is CC1(C)c2cccc3c2-c2c1cccc2C3(c1ccccc1)c1cccc(N(c2cccc3ccccc23)c2cccc3ccccc23)c1. The molecule has 0 heterocycles. The van der Waals surface area contributed by atoms with E-state index >= 15 is 0 Å². The zero-order valence-corrected chi connectivity index (χ0v) is 27.7. The van der Waals surface area contributed by atoms with E-state index in [0.29, 0.717) is 0 Å². The van der Waals surface area contributed by atoms with Crippen LogP contribution in [0.1, 0.15) is 47.2 Å². The van der Waals surface area contributed by atoms with Gasteiger partial charge in [-0.3, -0.25) is 0 Å². The van der Waals surface area contributed by atoms with Crippen molar-refractivity contribution in [1.82, 2.24) is 0 Å². The van der Waals surface area contributed by atoms with E-state index in [0.717, 1.165) is 5.69 Å². The van der Waals surface area contributed by atoms with Crippen LogP contribution in [0.5, 0.6) is 0 Å². The highest BCUT2D eigenvalue weighted by atomic mass is 15.1. The third kappa shape index (κ3) is 3.76. The molecule has 10 rings (SSSR count). The fourth-order valence-corrected chi connectivity index (χ4v) is 9.17. The van der Waals surface area contributed by atoms with E-state index in [-0.39, 0.29) is 5.41 Å². The Bertz CT molecular complexity index is 2450. The smallest absolute Gasteiger partial charge is 0.0714 e. The van der Waals surface area contributed by atoms with E-state index in [9.17, 15) is 0 Å². The molecule has 1 heteroatoms. The van der Waals surface area contributed by atoms with E-state index in [4.69, 9.17) is 0 Å². The average Bonchev–Trinajstić information content (AvgIpc) is 3.59. The summed E-state index contributed by atoms with van der Waals surface area (Å²) in [5.41, 5.74) is 14.0. The molecule has 0 aromatic heterocycles. The maximum Gasteiger partial charge on any atom is 0.0714 e. The van der Waals surface area contributed by atoms with Crippen molar-refractivity contribution < 1.29 is 0 Å². The summed E-state index contributed by atoms with van der Waals surface area (Å²) >= 11 is 0. The van der Waals surface area contributed by atoms with E-state index in [1.165, 1.54) is 77.4 Å². The summed E-state index contributed by atoms with van der Waals surface area (Å²) in [6.45, 7) is 4.77. The van der Waals surface area contributed by atoms with Crippen molar-refractivity contribution in [2.24, 2.45) is 0 Å². The molecule has 0 saturated carbocycles. The Hall–Kier alpha value is -5.92. The normalized spacial score (nSPS) is 14.7. The van der Waals surface area contributed by atoms with Crippen LogP contribution in [0.15, 0.2) is 176 Å². The fraction of sp³-hybridized carbons (Fsp3) is 0.0833. The number of nitrogens with zero attached hydrogens (tertiary/aromatic N) is 1. The molecule has 8 aromatic rings. The van der Waals surface area contributed by atoms with Crippen LogP contribution < -0.4 is 4.90 Å². The van der Waals surface area contributed by atoms with E-state index < -0.39 is 5.41 Å². The van der Waals surface area contributed by atoms with Crippen molar-refractivity contribution in [3.05, 3.63) is 209 Å². The second-order valence-corrected chi connectivity index (χ2v) is 14.1. The Morgan fingerprint density at radius 3 is 1.43 bits per heavy atom. The van der Waals surface area contributed by atoms with Crippen molar-refractivity contribution in [2.75, 3.05) is 4.90 Å². The molecule has 232 valence electrons. The number of hydrogen-bond acceptors (Lipinski definition) is 1. The van der Waals surface area contributed by atoms with Gasteiger partial charge in [0.05, 0.1) is 16.8 Å². The monoisotopic (exact) mass is 625 g/mol. The Labute approximate surface area is 287 Å². The zero-order valence-electron chi connectivity index (χ0n) is 27.7. The highest BCUT2D eigenvalue weighted by Crippen LogP contribution is 2.64. The molecule has 0 atom stereocenters. The summed E-state index contributed by atoms with van der Waals surface area (Å²) in [5, 5.41) is 4.91. The second-order valence-electron chi connectivity index (χ2n) is 14.1. The zero-order chi connectivity index (χ0) is 32.7. The Morgan fingerprint density at radius 1 is 0.388 bits per heavy atom. The molecule has 0 radical (unpaired) electrons. The lowest BCUT2D eigenvalue weighted by Gasteiger charge is -2.37. The molecule has 8 aromatic carbocycles. The van der Waals surface area contributed by atoms with E-state index in [2.05, 4.69) is 195 Å². The predicted octanol–water partition coefficient (Wildman–Crippen LogP) is 12.5. The largest absolute Gasteiger partial charge is 0.309 e. The summed E-state index contributed by atoms with van der Waals surface area (Å²) < 4.78 is 0. The predicted molar refractivity (Wildman–Crippen MR) is 206 cm³/mol. The Kier molecular flexibility index (Phi) is 5.91. The van der Waals surface area contributed by atoms with Gasteiger partial charge in [0.15, 0.2) is 0 Å². The molecule has 0 fully saturated rings. The van der Waals surface area contributed by atoms with Gasteiger partial charge in [-0.25, -0.2) is 0 Å². The first kappa shape index (κ1) is 28.1. The van der Waals surface area contributed by atoms with Gasteiger partial charge in [0, 0.05) is 21.9 Å². The lowest BCUT2D eigenvalue weighted by molar-refractivity contribution is 0.652. The van der Waals surface area contributed by atoms with Crippen LogP contribution >= 0.6 is 0 Å². The third-order valence-corrected chi connectivity index (χ3v) is 11.3. The molecule has 0 spiro atoms. The molecule has 0 amide bonds. The van der Waals surface area contributed by atoms with Gasteiger partial charge in [0.25, 0.3) is 0 Å². The number of hydrogen-bond donors (Lipinski definition) is 0. The van der Waals surface area contributed by atoms with Crippen molar-refractivity contribution in [3.63, 3.8) is 0 Å². The lowest BCUT2D eigenvalue weighted by atomic mass is 9.66. The van der Waals surface area contributed by atoms with Crippen LogP contribution in [0.4, 0.5) is 17.1 Å². The molecule has 0 aliphatic heterocycles. The molecule has 0 saturated heterocycles. The molecule has 2 aliphatic carbocycles. The number of rotatable bonds is 5. The molecule has 0 N–H and O–H groups in total. The van der Waals surface area contributed by atoms with Crippen LogP contribution in [0.2, 0.25) is 0 Å². The minimum atomic E-state index is -0.465. The van der Waals surface area contributed by atoms with E-state index in [1.807, 2.05) is 0 Å². The van der Waals surface area contributed by atoms with Gasteiger partial charge in [-0.05, 0) is 79.5 Å². The van der Waals surface area contributed by atoms with Crippen molar-refractivity contribution in [3.8, 4) is 11.1 Å². The molecule has 49 heavy (non-hydrogen) atoms. The fourth-order valence-electron chi connectivity index (χ4n) is 9.17. The third-order valence-electron chi connectivity index (χ3n) is 11.3. The summed E-state index contributed by atoms with van der Waals surface area (Å²) in [7, 11) is 0. The summed E-state index contributed by atoms with van der Waals surface area (Å²) in [5.74, 6) is 0. The average molecular weight is 626 g/mol. The molecular formula is C48H35N. The topological polar surface area (TPSA) is 3.24 Å². The molecule has 0 bridgehead atoms. The lowest BCUT2D eigenvalue weighted by Crippen LogP contribution is -2.30. The highest BCUT2D eigenvalue weighted by molar-refractivity contribution is 6.05. The maximum absolute atomic E-state index is 2.48. The summed E-state index contributed by atoms with van der Waals surface area (Å²) in [6, 6.07) is 65.4. The number of anilines is 3. The van der Waals surface area contributed by atoms with Gasteiger partial charge in [0.2, 0.25) is 0 Å². The summed E-state index contributed by atoms with van der Waals surface area (Å²) in [4.78, 5) is 2.48. The van der Waals surface area contributed by atoms with Crippen LogP contribution in [0.25, 0.3) is 32.7 Å². The van der Waals surface area contributed by atoms with E-state index in [1.54, 1.807) is 0 Å². The van der Waals surface area contributed by atoms with Gasteiger partial charge in [-0.2, -0.15) is 0 Å². The molecular weight excluding hydrogens is 591 g/mol. The van der Waals surface area contributed by atoms with Crippen LogP contribution in [-0.2, 0) is 10.8 Å². The van der Waals surface area contributed by atoms with Crippen molar-refractivity contribution in [1.29, 1.82) is 0 Å².